The summed E-state index contributed by atoms with van der Waals surface area (Å²) in [5, 5.41) is 28.3. The molecule has 0 unspecified atom stereocenters. The Morgan fingerprint density at radius 1 is 1.12 bits per heavy atom. The van der Waals surface area contributed by atoms with Crippen LogP contribution in [-0.4, -0.2) is 31.9 Å². The van der Waals surface area contributed by atoms with Crippen LogP contribution in [0.15, 0.2) is 39.4 Å². The molecule has 2 rings (SSSR count). The zero-order valence-corrected chi connectivity index (χ0v) is 12.9. The summed E-state index contributed by atoms with van der Waals surface area (Å²) in [7, 11) is 0. The van der Waals surface area contributed by atoms with E-state index in [1.54, 1.807) is 0 Å². The average Bonchev–Trinajstić information content (AvgIpc) is 2.90. The minimum absolute atomic E-state index is 0.0352. The van der Waals surface area contributed by atoms with Gasteiger partial charge in [0.15, 0.2) is 5.69 Å². The Morgan fingerprint density at radius 3 is 2.29 bits per heavy atom. The molecular formula is C15H16N4O5. The van der Waals surface area contributed by atoms with Gasteiger partial charge in [0, 0.05) is 6.54 Å². The second-order valence-corrected chi connectivity index (χ2v) is 5.05. The number of carbonyl (C=O) groups is 2. The van der Waals surface area contributed by atoms with Crippen LogP contribution in [-0.2, 0) is 6.54 Å². The molecule has 0 bridgehead atoms. The molecule has 0 saturated heterocycles. The predicted octanol–water partition coefficient (Wildman–Crippen LogP) is 2.79. The van der Waals surface area contributed by atoms with E-state index >= 15 is 0 Å². The molecule has 0 spiro atoms. The number of aromatic nitrogens is 2. The average molecular weight is 332 g/mol. The molecule has 0 aliphatic rings. The van der Waals surface area contributed by atoms with Crippen molar-refractivity contribution in [1.29, 1.82) is 0 Å². The second-order valence-electron chi connectivity index (χ2n) is 5.05. The fraction of sp³-hybridized carbons (Fsp3) is 0.267. The summed E-state index contributed by atoms with van der Waals surface area (Å²) in [6.45, 7) is 2.53. The molecule has 1 aromatic heterocycles. The smallest absolute Gasteiger partial charge is 0.335 e. The van der Waals surface area contributed by atoms with E-state index in [2.05, 4.69) is 15.3 Å². The summed E-state index contributed by atoms with van der Waals surface area (Å²) in [6.07, 6.45) is 3.16. The molecule has 24 heavy (non-hydrogen) atoms. The monoisotopic (exact) mass is 332 g/mol. The van der Waals surface area contributed by atoms with Crippen LogP contribution >= 0.6 is 0 Å². The maximum absolute atomic E-state index is 12.0. The molecule has 0 atom stereocenters. The van der Waals surface area contributed by atoms with E-state index in [-0.39, 0.29) is 28.1 Å². The Kier molecular flexibility index (Phi) is 5.25. The molecule has 1 heterocycles. The van der Waals surface area contributed by atoms with Gasteiger partial charge in [0.05, 0.1) is 23.0 Å². The lowest BCUT2D eigenvalue weighted by Gasteiger charge is -2.00. The standard InChI is InChI=1S/C15H16N4O5/c1-2-3-4-19-13(20)12(8-16-19)18-17-11-6-9(14(21)22)5-10(7-11)15(23)24/h5-8,16H,2-4H2,1H3,(H,21,22)(H,23,24). The zero-order chi connectivity index (χ0) is 17.7. The van der Waals surface area contributed by atoms with Gasteiger partial charge in [0.25, 0.3) is 5.56 Å². The minimum atomic E-state index is -1.28. The van der Waals surface area contributed by atoms with Crippen molar-refractivity contribution in [3.63, 3.8) is 0 Å². The van der Waals surface area contributed by atoms with E-state index in [4.69, 9.17) is 10.2 Å². The highest BCUT2D eigenvalue weighted by atomic mass is 16.4. The van der Waals surface area contributed by atoms with E-state index in [1.807, 2.05) is 6.92 Å². The minimum Gasteiger partial charge on any atom is -0.478 e. The first kappa shape index (κ1) is 17.1. The Balaban J connectivity index is 2.32. The van der Waals surface area contributed by atoms with Gasteiger partial charge < -0.3 is 15.3 Å². The van der Waals surface area contributed by atoms with Crippen molar-refractivity contribution in [2.75, 3.05) is 0 Å². The van der Waals surface area contributed by atoms with Gasteiger partial charge in [-0.3, -0.25) is 9.48 Å². The zero-order valence-electron chi connectivity index (χ0n) is 12.9. The van der Waals surface area contributed by atoms with Crippen LogP contribution in [0.4, 0.5) is 11.4 Å². The normalized spacial score (nSPS) is 11.0. The lowest BCUT2D eigenvalue weighted by Crippen LogP contribution is -2.16. The van der Waals surface area contributed by atoms with Crippen molar-refractivity contribution in [3.05, 3.63) is 45.9 Å². The number of hydrogen-bond donors (Lipinski definition) is 3. The number of benzene rings is 1. The van der Waals surface area contributed by atoms with Gasteiger partial charge in [-0.05, 0) is 24.6 Å². The van der Waals surface area contributed by atoms with Gasteiger partial charge in [-0.15, -0.1) is 5.11 Å². The highest BCUT2D eigenvalue weighted by molar-refractivity contribution is 5.95. The summed E-state index contributed by atoms with van der Waals surface area (Å²) in [5.74, 6) is -2.56. The molecule has 0 saturated carbocycles. The maximum Gasteiger partial charge on any atom is 0.335 e. The number of nitrogens with one attached hydrogen (secondary N) is 1. The lowest BCUT2D eigenvalue weighted by molar-refractivity contribution is 0.0696. The van der Waals surface area contributed by atoms with Gasteiger partial charge >= 0.3 is 11.9 Å². The van der Waals surface area contributed by atoms with Gasteiger partial charge in [-0.25, -0.2) is 9.59 Å². The van der Waals surface area contributed by atoms with Crippen LogP contribution < -0.4 is 5.56 Å². The van der Waals surface area contributed by atoms with Gasteiger partial charge in [-0.1, -0.05) is 13.3 Å². The first-order valence-electron chi connectivity index (χ1n) is 7.24. The number of rotatable bonds is 7. The fourth-order valence-electron chi connectivity index (χ4n) is 1.98. The predicted molar refractivity (Wildman–Crippen MR) is 84.5 cm³/mol. The molecule has 0 radical (unpaired) electrons. The number of H-pyrrole nitrogens is 1. The third kappa shape index (κ3) is 3.94. The van der Waals surface area contributed by atoms with Crippen molar-refractivity contribution in [3.8, 4) is 0 Å². The Hall–Kier alpha value is -3.23. The topological polar surface area (TPSA) is 137 Å². The van der Waals surface area contributed by atoms with Crippen LogP contribution in [0, 0.1) is 0 Å². The molecule has 0 aliphatic heterocycles. The fourth-order valence-corrected chi connectivity index (χ4v) is 1.98. The van der Waals surface area contributed by atoms with E-state index in [0.717, 1.165) is 18.9 Å². The Bertz CT molecular complexity index is 818. The molecule has 3 N–H and O–H groups in total. The molecule has 0 aliphatic carbocycles. The van der Waals surface area contributed by atoms with Crippen molar-refractivity contribution in [2.24, 2.45) is 10.2 Å². The van der Waals surface area contributed by atoms with Gasteiger partial charge in [0.2, 0.25) is 0 Å². The van der Waals surface area contributed by atoms with E-state index in [0.29, 0.717) is 6.54 Å². The summed E-state index contributed by atoms with van der Waals surface area (Å²) >= 11 is 0. The van der Waals surface area contributed by atoms with Crippen molar-refractivity contribution in [1.82, 2.24) is 9.78 Å². The first-order valence-corrected chi connectivity index (χ1v) is 7.24. The Labute approximate surface area is 136 Å². The van der Waals surface area contributed by atoms with Crippen molar-refractivity contribution in [2.45, 2.75) is 26.3 Å². The second kappa shape index (κ2) is 7.36. The van der Waals surface area contributed by atoms with Crippen LogP contribution in [0.5, 0.6) is 0 Å². The van der Waals surface area contributed by atoms with Crippen molar-refractivity contribution >= 4 is 23.3 Å². The van der Waals surface area contributed by atoms with E-state index in [9.17, 15) is 14.4 Å². The molecule has 0 fully saturated rings. The molecule has 1 aromatic carbocycles. The first-order chi connectivity index (χ1) is 11.4. The third-order valence-corrected chi connectivity index (χ3v) is 3.24. The summed E-state index contributed by atoms with van der Waals surface area (Å²) in [4.78, 5) is 34.1. The van der Waals surface area contributed by atoms with E-state index in [1.165, 1.54) is 23.0 Å². The number of azo groups is 1. The summed E-state index contributed by atoms with van der Waals surface area (Å²) < 4.78 is 1.40. The molecule has 9 nitrogen and oxygen atoms in total. The van der Waals surface area contributed by atoms with Crippen LogP contribution in [0.1, 0.15) is 40.5 Å². The largest absolute Gasteiger partial charge is 0.478 e. The highest BCUT2D eigenvalue weighted by Crippen LogP contribution is 2.20. The lowest BCUT2D eigenvalue weighted by atomic mass is 10.1. The number of hydrogen-bond acceptors (Lipinski definition) is 5. The van der Waals surface area contributed by atoms with E-state index < -0.39 is 11.9 Å². The Morgan fingerprint density at radius 2 is 1.75 bits per heavy atom. The van der Waals surface area contributed by atoms with Gasteiger partial charge in [0.1, 0.15) is 0 Å². The van der Waals surface area contributed by atoms with Crippen LogP contribution in [0.25, 0.3) is 0 Å². The quantitative estimate of drug-likeness (QED) is 0.669. The number of carboxylic acids is 2. The number of aromatic amines is 1. The number of aromatic carboxylic acids is 2. The SMILES string of the molecule is CCCCn1[nH]cc(N=Nc2cc(C(=O)O)cc(C(=O)O)c2)c1=O. The third-order valence-electron chi connectivity index (χ3n) is 3.24. The van der Waals surface area contributed by atoms with Crippen LogP contribution in [0.2, 0.25) is 0 Å². The number of nitrogens with zero attached hydrogens (tertiary/aromatic N) is 3. The molecule has 9 heteroatoms. The van der Waals surface area contributed by atoms with Crippen LogP contribution in [0.3, 0.4) is 0 Å². The molecule has 0 amide bonds. The summed E-state index contributed by atoms with van der Waals surface area (Å²) in [6, 6.07) is 3.39. The van der Waals surface area contributed by atoms with Crippen molar-refractivity contribution < 1.29 is 19.8 Å². The molecular weight excluding hydrogens is 316 g/mol. The number of aryl methyl sites for hydroxylation is 1. The van der Waals surface area contributed by atoms with Gasteiger partial charge in [-0.2, -0.15) is 5.11 Å². The highest BCUT2D eigenvalue weighted by Gasteiger charge is 2.11. The number of carboxylic acid groups (broad SMARTS) is 2. The molecule has 126 valence electrons. The number of unbranched alkanes of at least 4 members (excludes halogenated alkanes) is 1. The molecule has 2 aromatic rings. The summed E-state index contributed by atoms with van der Waals surface area (Å²) in [5.41, 5.74) is -0.701. The maximum atomic E-state index is 12.0.